The molecule has 0 aliphatic carbocycles. The minimum Gasteiger partial charge on any atom is -0.508 e. The summed E-state index contributed by atoms with van der Waals surface area (Å²) in [6, 6.07) is 2.65. The van der Waals surface area contributed by atoms with E-state index in [1.807, 2.05) is 0 Å². The number of benzene rings is 1. The van der Waals surface area contributed by atoms with Gasteiger partial charge < -0.3 is 15.6 Å². The SMILES string of the molecule is CCOC(=O)C[C@@H](N)c1cc([N+](=O)[O-])ccc1O. The molecule has 1 rings (SSSR count). The predicted molar refractivity (Wildman–Crippen MR) is 62.9 cm³/mol. The maximum Gasteiger partial charge on any atom is 0.307 e. The van der Waals surface area contributed by atoms with Crippen LogP contribution in [0.5, 0.6) is 5.75 Å². The number of aromatic hydroxyl groups is 1. The smallest absolute Gasteiger partial charge is 0.307 e. The number of nitro groups is 1. The molecule has 1 atom stereocenters. The van der Waals surface area contributed by atoms with Gasteiger partial charge in [0.25, 0.3) is 5.69 Å². The summed E-state index contributed by atoms with van der Waals surface area (Å²) in [4.78, 5) is 21.2. The molecule has 0 amide bonds. The second-order valence-corrected chi connectivity index (χ2v) is 3.62. The van der Waals surface area contributed by atoms with E-state index < -0.39 is 16.9 Å². The van der Waals surface area contributed by atoms with E-state index in [-0.39, 0.29) is 30.0 Å². The number of nitro benzene ring substituents is 1. The van der Waals surface area contributed by atoms with Gasteiger partial charge in [-0.15, -0.1) is 0 Å². The van der Waals surface area contributed by atoms with Crippen LogP contribution in [0.1, 0.15) is 24.9 Å². The third-order valence-electron chi connectivity index (χ3n) is 2.31. The summed E-state index contributed by atoms with van der Waals surface area (Å²) in [5.41, 5.74) is 5.67. The van der Waals surface area contributed by atoms with Crippen LogP contribution < -0.4 is 5.73 Å². The number of ether oxygens (including phenoxy) is 1. The Bertz CT molecular complexity index is 461. The van der Waals surface area contributed by atoms with Crippen molar-refractivity contribution in [1.82, 2.24) is 0 Å². The molecule has 0 bridgehead atoms. The molecule has 0 saturated heterocycles. The fourth-order valence-electron chi connectivity index (χ4n) is 1.46. The van der Waals surface area contributed by atoms with Gasteiger partial charge >= 0.3 is 5.97 Å². The Morgan fingerprint density at radius 1 is 1.61 bits per heavy atom. The molecule has 0 radical (unpaired) electrons. The summed E-state index contributed by atoms with van der Waals surface area (Å²) in [5, 5.41) is 20.2. The Kier molecular flexibility index (Phi) is 4.61. The zero-order valence-electron chi connectivity index (χ0n) is 9.83. The van der Waals surface area contributed by atoms with Gasteiger partial charge in [-0.25, -0.2) is 0 Å². The van der Waals surface area contributed by atoms with Crippen LogP contribution in [0.15, 0.2) is 18.2 Å². The molecule has 0 heterocycles. The molecule has 18 heavy (non-hydrogen) atoms. The first kappa shape index (κ1) is 13.9. The van der Waals surface area contributed by atoms with E-state index in [1.54, 1.807) is 6.92 Å². The molecule has 7 heteroatoms. The highest BCUT2D eigenvalue weighted by molar-refractivity contribution is 5.70. The van der Waals surface area contributed by atoms with Crippen molar-refractivity contribution in [2.24, 2.45) is 5.73 Å². The van der Waals surface area contributed by atoms with Gasteiger partial charge in [0.15, 0.2) is 0 Å². The van der Waals surface area contributed by atoms with Gasteiger partial charge in [0, 0.05) is 23.7 Å². The molecule has 0 fully saturated rings. The van der Waals surface area contributed by atoms with Gasteiger partial charge in [-0.2, -0.15) is 0 Å². The number of hydrogen-bond acceptors (Lipinski definition) is 6. The van der Waals surface area contributed by atoms with Crippen LogP contribution in [0.3, 0.4) is 0 Å². The standard InChI is InChI=1S/C11H14N2O5/c1-2-18-11(15)6-9(12)8-5-7(13(16)17)3-4-10(8)14/h3-5,9,14H,2,6,12H2,1H3/t9-/m1/s1. The van der Waals surface area contributed by atoms with Crippen LogP contribution in [-0.2, 0) is 9.53 Å². The van der Waals surface area contributed by atoms with Crippen LogP contribution in [0, 0.1) is 10.1 Å². The largest absolute Gasteiger partial charge is 0.508 e. The number of carbonyl (C=O) groups excluding carboxylic acids is 1. The number of hydrogen-bond donors (Lipinski definition) is 2. The van der Waals surface area contributed by atoms with Crippen LogP contribution in [-0.4, -0.2) is 22.6 Å². The number of esters is 1. The molecule has 3 N–H and O–H groups in total. The van der Waals surface area contributed by atoms with Crippen molar-refractivity contribution in [1.29, 1.82) is 0 Å². The second kappa shape index (κ2) is 5.97. The Hall–Kier alpha value is -2.15. The molecule has 0 unspecified atom stereocenters. The maximum atomic E-state index is 11.2. The minimum absolute atomic E-state index is 0.150. The van der Waals surface area contributed by atoms with Gasteiger partial charge in [0.05, 0.1) is 18.0 Å². The van der Waals surface area contributed by atoms with Crippen molar-refractivity contribution >= 4 is 11.7 Å². The van der Waals surface area contributed by atoms with Crippen molar-refractivity contribution < 1.29 is 19.6 Å². The molecule has 0 spiro atoms. The molecule has 7 nitrogen and oxygen atoms in total. The van der Waals surface area contributed by atoms with Crippen LogP contribution in [0.2, 0.25) is 0 Å². The van der Waals surface area contributed by atoms with Gasteiger partial charge in [-0.05, 0) is 13.0 Å². The quantitative estimate of drug-likeness (QED) is 0.464. The second-order valence-electron chi connectivity index (χ2n) is 3.62. The highest BCUT2D eigenvalue weighted by Gasteiger charge is 2.19. The summed E-state index contributed by atoms with van der Waals surface area (Å²) in [6.07, 6.45) is -0.150. The fourth-order valence-corrected chi connectivity index (χ4v) is 1.46. The average Bonchev–Trinajstić information content (AvgIpc) is 2.29. The van der Waals surface area contributed by atoms with E-state index in [2.05, 4.69) is 0 Å². The molecule has 0 aliphatic heterocycles. The van der Waals surface area contributed by atoms with E-state index in [4.69, 9.17) is 10.5 Å². The van der Waals surface area contributed by atoms with Crippen molar-refractivity contribution in [2.45, 2.75) is 19.4 Å². The van der Waals surface area contributed by atoms with Gasteiger partial charge in [0.2, 0.25) is 0 Å². The maximum absolute atomic E-state index is 11.2. The van der Waals surface area contributed by atoms with E-state index in [9.17, 15) is 20.0 Å². The monoisotopic (exact) mass is 254 g/mol. The third kappa shape index (κ3) is 3.42. The number of carbonyl (C=O) groups is 1. The molecule has 1 aromatic rings. The van der Waals surface area contributed by atoms with Crippen molar-refractivity contribution in [3.8, 4) is 5.75 Å². The average molecular weight is 254 g/mol. The first-order chi connectivity index (χ1) is 8.45. The molecule has 1 aromatic carbocycles. The van der Waals surface area contributed by atoms with E-state index in [0.29, 0.717) is 0 Å². The third-order valence-corrected chi connectivity index (χ3v) is 2.31. The lowest BCUT2D eigenvalue weighted by molar-refractivity contribution is -0.385. The fraction of sp³-hybridized carbons (Fsp3) is 0.364. The Morgan fingerprint density at radius 2 is 2.28 bits per heavy atom. The van der Waals surface area contributed by atoms with Crippen LogP contribution in [0.25, 0.3) is 0 Å². The first-order valence-electron chi connectivity index (χ1n) is 5.34. The van der Waals surface area contributed by atoms with Crippen molar-refractivity contribution in [2.75, 3.05) is 6.61 Å². The normalized spacial score (nSPS) is 11.9. The number of rotatable bonds is 5. The highest BCUT2D eigenvalue weighted by Crippen LogP contribution is 2.28. The summed E-state index contributed by atoms with van der Waals surface area (Å²) in [5.74, 6) is -0.701. The van der Waals surface area contributed by atoms with Crippen LogP contribution >= 0.6 is 0 Å². The first-order valence-corrected chi connectivity index (χ1v) is 5.34. The number of nitrogens with two attached hydrogens (primary N) is 1. The molecular formula is C11H14N2O5. The topological polar surface area (TPSA) is 116 Å². The molecule has 0 saturated carbocycles. The molecule has 0 aliphatic rings. The Morgan fingerprint density at radius 3 is 2.83 bits per heavy atom. The van der Waals surface area contributed by atoms with Gasteiger partial charge in [0.1, 0.15) is 5.75 Å². The minimum atomic E-state index is -0.844. The Balaban J connectivity index is 2.90. The zero-order valence-corrected chi connectivity index (χ0v) is 9.83. The lowest BCUT2D eigenvalue weighted by atomic mass is 10.0. The lowest BCUT2D eigenvalue weighted by Crippen LogP contribution is -2.17. The van der Waals surface area contributed by atoms with E-state index in [0.717, 1.165) is 12.1 Å². The predicted octanol–water partition coefficient (Wildman–Crippen LogP) is 1.25. The van der Waals surface area contributed by atoms with Crippen molar-refractivity contribution in [3.05, 3.63) is 33.9 Å². The van der Waals surface area contributed by atoms with E-state index >= 15 is 0 Å². The zero-order chi connectivity index (χ0) is 13.7. The summed E-state index contributed by atoms with van der Waals surface area (Å²) in [6.45, 7) is 1.89. The lowest BCUT2D eigenvalue weighted by Gasteiger charge is -2.12. The molecular weight excluding hydrogens is 240 g/mol. The number of phenolic OH excluding ortho intramolecular Hbond substituents is 1. The van der Waals surface area contributed by atoms with Gasteiger partial charge in [-0.1, -0.05) is 0 Å². The summed E-state index contributed by atoms with van der Waals surface area (Å²) >= 11 is 0. The Labute approximate surface area is 103 Å². The molecule has 0 aromatic heterocycles. The summed E-state index contributed by atoms with van der Waals surface area (Å²) in [7, 11) is 0. The van der Waals surface area contributed by atoms with Crippen molar-refractivity contribution in [3.63, 3.8) is 0 Å². The molecule has 98 valence electrons. The number of phenols is 1. The number of nitrogens with zero attached hydrogens (tertiary/aromatic N) is 1. The van der Waals surface area contributed by atoms with Gasteiger partial charge in [-0.3, -0.25) is 14.9 Å². The van der Waals surface area contributed by atoms with Crippen LogP contribution in [0.4, 0.5) is 5.69 Å². The highest BCUT2D eigenvalue weighted by atomic mass is 16.6. The summed E-state index contributed by atoms with van der Waals surface area (Å²) < 4.78 is 4.72. The van der Waals surface area contributed by atoms with E-state index in [1.165, 1.54) is 6.07 Å². The number of non-ortho nitro benzene ring substituents is 1.